The van der Waals surface area contributed by atoms with Crippen LogP contribution in [0.4, 0.5) is 17.1 Å². The largest absolute Gasteiger partial charge is 0.423 e. The van der Waals surface area contributed by atoms with Gasteiger partial charge in [-0.2, -0.15) is 0 Å². The van der Waals surface area contributed by atoms with Gasteiger partial charge in [0.2, 0.25) is 5.91 Å². The zero-order valence-electron chi connectivity index (χ0n) is 14.0. The predicted octanol–water partition coefficient (Wildman–Crippen LogP) is 3.35. The standard InChI is InChI=1S/C18H17N3O5/c1-11(22)19-13-5-7-15(8-6-13)26-18(23)12-2-9-16(20-14-3-4-14)17(10-12)21(24)25/h2,5-10,14,20H,3-4H2,1H3,(H,19,22). The summed E-state index contributed by atoms with van der Waals surface area (Å²) in [4.78, 5) is 34.0. The molecule has 1 saturated carbocycles. The molecule has 2 N–H and O–H groups in total. The van der Waals surface area contributed by atoms with Crippen LogP contribution in [0, 0.1) is 10.1 Å². The van der Waals surface area contributed by atoms with E-state index in [1.807, 2.05) is 0 Å². The fourth-order valence-electron chi connectivity index (χ4n) is 2.35. The SMILES string of the molecule is CC(=O)Nc1ccc(OC(=O)c2ccc(NC3CC3)c([N+](=O)[O-])c2)cc1. The minimum absolute atomic E-state index is 0.0870. The molecule has 26 heavy (non-hydrogen) atoms. The zero-order chi connectivity index (χ0) is 18.7. The number of carbonyl (C=O) groups excluding carboxylic acids is 2. The molecule has 1 aliphatic rings. The van der Waals surface area contributed by atoms with Crippen molar-refractivity contribution in [2.24, 2.45) is 0 Å². The number of hydrogen-bond acceptors (Lipinski definition) is 6. The fourth-order valence-corrected chi connectivity index (χ4v) is 2.35. The minimum atomic E-state index is -0.696. The number of nitrogens with one attached hydrogen (secondary N) is 2. The second-order valence-corrected chi connectivity index (χ2v) is 6.00. The zero-order valence-corrected chi connectivity index (χ0v) is 14.0. The van der Waals surface area contributed by atoms with E-state index in [0.29, 0.717) is 11.4 Å². The Kier molecular flexibility index (Phi) is 4.83. The van der Waals surface area contributed by atoms with Crippen LogP contribution in [-0.2, 0) is 4.79 Å². The van der Waals surface area contributed by atoms with E-state index in [0.717, 1.165) is 12.8 Å². The highest BCUT2D eigenvalue weighted by Crippen LogP contribution is 2.31. The quantitative estimate of drug-likeness (QED) is 0.356. The molecule has 0 atom stereocenters. The molecule has 1 fully saturated rings. The van der Waals surface area contributed by atoms with E-state index < -0.39 is 10.9 Å². The number of nitro groups is 1. The summed E-state index contributed by atoms with van der Waals surface area (Å²) in [5.41, 5.74) is 0.897. The molecule has 3 rings (SSSR count). The maximum Gasteiger partial charge on any atom is 0.343 e. The number of hydrogen-bond donors (Lipinski definition) is 2. The van der Waals surface area contributed by atoms with Crippen molar-refractivity contribution in [3.05, 3.63) is 58.1 Å². The molecular formula is C18H17N3O5. The summed E-state index contributed by atoms with van der Waals surface area (Å²) in [7, 11) is 0. The van der Waals surface area contributed by atoms with E-state index in [-0.39, 0.29) is 28.9 Å². The van der Waals surface area contributed by atoms with E-state index in [1.165, 1.54) is 37.3 Å². The lowest BCUT2D eigenvalue weighted by Crippen LogP contribution is -2.11. The highest BCUT2D eigenvalue weighted by Gasteiger charge is 2.25. The molecule has 0 spiro atoms. The van der Waals surface area contributed by atoms with Gasteiger partial charge in [-0.3, -0.25) is 14.9 Å². The first-order valence-electron chi connectivity index (χ1n) is 8.07. The first-order valence-corrected chi connectivity index (χ1v) is 8.07. The Balaban J connectivity index is 1.73. The van der Waals surface area contributed by atoms with Crippen molar-refractivity contribution in [1.82, 2.24) is 0 Å². The maximum atomic E-state index is 12.3. The summed E-state index contributed by atoms with van der Waals surface area (Å²) < 4.78 is 5.23. The number of ether oxygens (including phenoxy) is 1. The van der Waals surface area contributed by atoms with Gasteiger partial charge in [-0.1, -0.05) is 0 Å². The topological polar surface area (TPSA) is 111 Å². The summed E-state index contributed by atoms with van der Waals surface area (Å²) in [6.07, 6.45) is 1.96. The van der Waals surface area contributed by atoms with Crippen LogP contribution in [0.1, 0.15) is 30.1 Å². The minimum Gasteiger partial charge on any atom is -0.423 e. The Morgan fingerprint density at radius 1 is 1.15 bits per heavy atom. The number of amides is 1. The fraction of sp³-hybridized carbons (Fsp3) is 0.222. The van der Waals surface area contributed by atoms with Gasteiger partial charge in [0.15, 0.2) is 0 Å². The molecule has 0 aliphatic heterocycles. The Labute approximate surface area is 149 Å². The summed E-state index contributed by atoms with van der Waals surface area (Å²) in [5, 5.41) is 16.9. The molecule has 0 radical (unpaired) electrons. The smallest absolute Gasteiger partial charge is 0.343 e. The molecule has 2 aromatic rings. The van der Waals surface area contributed by atoms with E-state index in [4.69, 9.17) is 4.74 Å². The van der Waals surface area contributed by atoms with Crippen LogP contribution in [0.25, 0.3) is 0 Å². The Bertz CT molecular complexity index is 860. The van der Waals surface area contributed by atoms with Gasteiger partial charge in [0, 0.05) is 24.7 Å². The molecule has 2 aromatic carbocycles. The summed E-state index contributed by atoms with van der Waals surface area (Å²) >= 11 is 0. The van der Waals surface area contributed by atoms with Gasteiger partial charge in [-0.05, 0) is 49.2 Å². The summed E-state index contributed by atoms with van der Waals surface area (Å²) in [5.74, 6) is -0.632. The van der Waals surface area contributed by atoms with Crippen LogP contribution in [-0.4, -0.2) is 22.8 Å². The lowest BCUT2D eigenvalue weighted by molar-refractivity contribution is -0.384. The first kappa shape index (κ1) is 17.4. The molecule has 0 unspecified atom stereocenters. The third kappa shape index (κ3) is 4.35. The predicted molar refractivity (Wildman–Crippen MR) is 95.4 cm³/mol. The highest BCUT2D eigenvalue weighted by atomic mass is 16.6. The van der Waals surface area contributed by atoms with Crippen LogP contribution in [0.3, 0.4) is 0 Å². The van der Waals surface area contributed by atoms with E-state index in [2.05, 4.69) is 10.6 Å². The van der Waals surface area contributed by atoms with Crippen molar-refractivity contribution in [2.75, 3.05) is 10.6 Å². The normalized spacial score (nSPS) is 13.0. The number of esters is 1. The average molecular weight is 355 g/mol. The molecule has 0 saturated heterocycles. The summed E-state index contributed by atoms with van der Waals surface area (Å²) in [6.45, 7) is 1.39. The third-order valence-corrected chi connectivity index (χ3v) is 3.75. The third-order valence-electron chi connectivity index (χ3n) is 3.75. The Hall–Kier alpha value is -3.42. The average Bonchev–Trinajstić information content (AvgIpc) is 3.40. The Morgan fingerprint density at radius 2 is 1.85 bits per heavy atom. The van der Waals surface area contributed by atoms with Crippen LogP contribution >= 0.6 is 0 Å². The number of benzene rings is 2. The van der Waals surface area contributed by atoms with Gasteiger partial charge >= 0.3 is 5.97 Å². The molecule has 1 aliphatic carbocycles. The van der Waals surface area contributed by atoms with Gasteiger partial charge in [0.25, 0.3) is 5.69 Å². The van der Waals surface area contributed by atoms with E-state index >= 15 is 0 Å². The molecule has 134 valence electrons. The second kappa shape index (κ2) is 7.22. The number of carbonyl (C=O) groups is 2. The van der Waals surface area contributed by atoms with Crippen molar-refractivity contribution in [1.29, 1.82) is 0 Å². The van der Waals surface area contributed by atoms with Crippen LogP contribution in [0.15, 0.2) is 42.5 Å². The second-order valence-electron chi connectivity index (χ2n) is 6.00. The van der Waals surface area contributed by atoms with Crippen molar-refractivity contribution < 1.29 is 19.2 Å². The molecule has 0 bridgehead atoms. The van der Waals surface area contributed by atoms with Gasteiger partial charge in [0.05, 0.1) is 10.5 Å². The van der Waals surface area contributed by atoms with Crippen molar-refractivity contribution >= 4 is 28.9 Å². The number of nitrogens with zero attached hydrogens (tertiary/aromatic N) is 1. The molecule has 8 nitrogen and oxygen atoms in total. The maximum absolute atomic E-state index is 12.3. The number of anilines is 2. The lowest BCUT2D eigenvalue weighted by atomic mass is 10.1. The molecular weight excluding hydrogens is 338 g/mol. The van der Waals surface area contributed by atoms with Crippen molar-refractivity contribution in [2.45, 2.75) is 25.8 Å². The van der Waals surface area contributed by atoms with Gasteiger partial charge in [-0.25, -0.2) is 4.79 Å². The van der Waals surface area contributed by atoms with E-state index in [9.17, 15) is 19.7 Å². The van der Waals surface area contributed by atoms with Gasteiger partial charge in [-0.15, -0.1) is 0 Å². The van der Waals surface area contributed by atoms with Crippen LogP contribution < -0.4 is 15.4 Å². The van der Waals surface area contributed by atoms with Crippen molar-refractivity contribution in [3.63, 3.8) is 0 Å². The number of rotatable bonds is 6. The van der Waals surface area contributed by atoms with Gasteiger partial charge < -0.3 is 15.4 Å². The first-order chi connectivity index (χ1) is 12.4. The van der Waals surface area contributed by atoms with Crippen LogP contribution in [0.5, 0.6) is 5.75 Å². The van der Waals surface area contributed by atoms with Crippen molar-refractivity contribution in [3.8, 4) is 5.75 Å². The lowest BCUT2D eigenvalue weighted by Gasteiger charge is -2.08. The molecule has 0 aromatic heterocycles. The Morgan fingerprint density at radius 3 is 2.42 bits per heavy atom. The summed E-state index contributed by atoms with van der Waals surface area (Å²) in [6, 6.07) is 10.7. The monoisotopic (exact) mass is 355 g/mol. The molecule has 8 heteroatoms. The van der Waals surface area contributed by atoms with E-state index in [1.54, 1.807) is 12.1 Å². The van der Waals surface area contributed by atoms with Gasteiger partial charge in [0.1, 0.15) is 11.4 Å². The number of nitro benzene ring substituents is 1. The molecule has 0 heterocycles. The highest BCUT2D eigenvalue weighted by molar-refractivity contribution is 5.93. The molecule has 1 amide bonds. The van der Waals surface area contributed by atoms with Crippen LogP contribution in [0.2, 0.25) is 0 Å².